The first-order chi connectivity index (χ1) is 11.7. The molecule has 0 amide bonds. The highest BCUT2D eigenvalue weighted by Gasteiger charge is 2.64. The maximum absolute atomic E-state index is 10.5. The van der Waals surface area contributed by atoms with Crippen molar-refractivity contribution >= 4 is 7.12 Å². The van der Waals surface area contributed by atoms with E-state index in [1.165, 1.54) is 0 Å². The number of fused-ring (bicyclic) bond motifs is 2. The lowest BCUT2D eigenvalue weighted by molar-refractivity contribution is -0.239. The molecule has 0 saturated heterocycles. The van der Waals surface area contributed by atoms with Gasteiger partial charge in [0.25, 0.3) is 0 Å². The Hall–Kier alpha value is -1.08. The number of ether oxygens (including phenoxy) is 1. The molecule has 3 fully saturated rings. The summed E-state index contributed by atoms with van der Waals surface area (Å²) in [6.45, 7) is 6.37. The van der Waals surface area contributed by atoms with Crippen molar-refractivity contribution in [2.75, 3.05) is 7.11 Å². The van der Waals surface area contributed by atoms with Gasteiger partial charge in [-0.2, -0.15) is 0 Å². The number of aliphatic hydroxyl groups is 1. The predicted molar refractivity (Wildman–Crippen MR) is 98.1 cm³/mol. The summed E-state index contributed by atoms with van der Waals surface area (Å²) in [5.74, 6) is 0.998. The van der Waals surface area contributed by atoms with Crippen LogP contribution < -0.4 is 10.5 Å². The molecule has 6 heteroatoms. The third-order valence-electron chi connectivity index (χ3n) is 6.70. The van der Waals surface area contributed by atoms with E-state index in [0.717, 1.165) is 24.2 Å². The van der Waals surface area contributed by atoms with Crippen molar-refractivity contribution in [2.45, 2.75) is 57.7 Å². The molecule has 0 unspecified atom stereocenters. The highest BCUT2D eigenvalue weighted by molar-refractivity contribution is 6.45. The van der Waals surface area contributed by atoms with Crippen LogP contribution >= 0.6 is 0 Å². The molecule has 4 rings (SSSR count). The van der Waals surface area contributed by atoms with Gasteiger partial charge in [0, 0.05) is 5.94 Å². The van der Waals surface area contributed by atoms with Crippen molar-refractivity contribution in [3.63, 3.8) is 0 Å². The minimum Gasteiger partial charge on any atom is -0.497 e. The van der Waals surface area contributed by atoms with Crippen molar-refractivity contribution in [3.05, 3.63) is 29.8 Å². The molecule has 25 heavy (non-hydrogen) atoms. The zero-order valence-corrected chi connectivity index (χ0v) is 15.6. The number of hydrogen-bond acceptors (Lipinski definition) is 5. The van der Waals surface area contributed by atoms with Gasteiger partial charge >= 0.3 is 7.12 Å². The Morgan fingerprint density at radius 1 is 1.24 bits per heavy atom. The molecule has 1 aromatic carbocycles. The van der Waals surface area contributed by atoms with Gasteiger partial charge < -0.3 is 25.3 Å². The van der Waals surface area contributed by atoms with Crippen LogP contribution in [0.4, 0.5) is 0 Å². The van der Waals surface area contributed by atoms with E-state index in [0.29, 0.717) is 12.3 Å². The Balaban J connectivity index is 1.64. The van der Waals surface area contributed by atoms with Gasteiger partial charge in [0.05, 0.1) is 18.8 Å². The Morgan fingerprint density at radius 3 is 2.44 bits per heavy atom. The second-order valence-electron chi connectivity index (χ2n) is 8.47. The molecule has 3 saturated carbocycles. The summed E-state index contributed by atoms with van der Waals surface area (Å²) >= 11 is 0. The molecule has 138 valence electrons. The second kappa shape index (κ2) is 6.58. The van der Waals surface area contributed by atoms with E-state index < -0.39 is 24.8 Å². The first-order valence-electron chi connectivity index (χ1n) is 9.11. The smallest absolute Gasteiger partial charge is 0.472 e. The molecule has 0 spiro atoms. The molecule has 2 bridgehead atoms. The topological polar surface area (TPSA) is 84.9 Å². The lowest BCUT2D eigenvalue weighted by atomic mass is 9.43. The molecule has 0 aromatic heterocycles. The minimum atomic E-state index is -1.12. The molecule has 3 aliphatic carbocycles. The van der Waals surface area contributed by atoms with Crippen molar-refractivity contribution < 1.29 is 19.5 Å². The molecule has 0 aliphatic heterocycles. The number of hydrogen-bond donors (Lipinski definition) is 3. The van der Waals surface area contributed by atoms with Gasteiger partial charge in [-0.1, -0.05) is 26.0 Å². The van der Waals surface area contributed by atoms with Crippen LogP contribution in [0.2, 0.25) is 0 Å². The Morgan fingerprint density at radius 2 is 1.88 bits per heavy atom. The van der Waals surface area contributed by atoms with E-state index in [9.17, 15) is 10.1 Å². The minimum absolute atomic E-state index is 0.133. The molecule has 1 aromatic rings. The Kier molecular flexibility index (Phi) is 4.92. The van der Waals surface area contributed by atoms with Gasteiger partial charge in [0.1, 0.15) is 5.75 Å². The van der Waals surface area contributed by atoms with Gasteiger partial charge in [-0.05, 0) is 61.1 Å². The van der Waals surface area contributed by atoms with Crippen LogP contribution in [0.3, 0.4) is 0 Å². The summed E-state index contributed by atoms with van der Waals surface area (Å²) in [5, 5.41) is 21.1. The van der Waals surface area contributed by atoms with Crippen LogP contribution in [-0.4, -0.2) is 42.0 Å². The van der Waals surface area contributed by atoms with Crippen LogP contribution in [-0.2, 0) is 11.1 Å². The van der Waals surface area contributed by atoms with Crippen molar-refractivity contribution in [1.29, 1.82) is 0 Å². The van der Waals surface area contributed by atoms with Gasteiger partial charge in [-0.25, -0.2) is 0 Å². The fourth-order valence-electron chi connectivity index (χ4n) is 4.77. The van der Waals surface area contributed by atoms with E-state index in [2.05, 4.69) is 13.8 Å². The molecular formula is C19H30BNO4. The summed E-state index contributed by atoms with van der Waals surface area (Å²) < 4.78 is 11.2. The molecule has 0 heterocycles. The van der Waals surface area contributed by atoms with E-state index in [1.807, 2.05) is 31.2 Å². The standard InChI is InChI=1S/C19H30BNO4/c1-18(2)13-10-15(18)19(3,16(22)11-13)25-20(23)17(21)9-12-5-7-14(24-4)8-6-12/h5-8,13,15-17,22-23H,9-11,21H2,1-4H3/t13-,15-,16+,17-,19-/m0/s1. The molecular weight excluding hydrogens is 317 g/mol. The van der Waals surface area contributed by atoms with Crippen LogP contribution in [0.5, 0.6) is 5.75 Å². The SMILES string of the molecule is COc1ccc(C[C@H](N)B(O)O[C@]2(C)[C@H](O)C[C@@H]3C[C@H]2C3(C)C)cc1. The van der Waals surface area contributed by atoms with E-state index in [4.69, 9.17) is 15.1 Å². The fraction of sp³-hybridized carbons (Fsp3) is 0.684. The van der Waals surface area contributed by atoms with Gasteiger partial charge in [-0.15, -0.1) is 0 Å². The average Bonchev–Trinajstić information content (AvgIpc) is 2.57. The summed E-state index contributed by atoms with van der Waals surface area (Å²) in [6.07, 6.45) is 1.70. The van der Waals surface area contributed by atoms with Gasteiger partial charge in [-0.3, -0.25) is 0 Å². The molecule has 3 aliphatic rings. The van der Waals surface area contributed by atoms with Crippen LogP contribution in [0.15, 0.2) is 24.3 Å². The summed E-state index contributed by atoms with van der Waals surface area (Å²) in [5.41, 5.74) is 6.57. The zero-order valence-electron chi connectivity index (χ0n) is 15.6. The van der Waals surface area contributed by atoms with Crippen LogP contribution in [0.1, 0.15) is 39.2 Å². The van der Waals surface area contributed by atoms with Gasteiger partial charge in [0.15, 0.2) is 0 Å². The molecule has 4 N–H and O–H groups in total. The molecule has 5 atom stereocenters. The van der Waals surface area contributed by atoms with Crippen molar-refractivity contribution in [2.24, 2.45) is 23.0 Å². The summed E-state index contributed by atoms with van der Waals surface area (Å²) in [4.78, 5) is 0. The van der Waals surface area contributed by atoms with Gasteiger partial charge in [0.2, 0.25) is 0 Å². The Labute approximate surface area is 150 Å². The van der Waals surface area contributed by atoms with E-state index >= 15 is 0 Å². The second-order valence-corrected chi connectivity index (χ2v) is 8.47. The number of aliphatic hydroxyl groups excluding tert-OH is 1. The van der Waals surface area contributed by atoms with Crippen LogP contribution in [0, 0.1) is 17.3 Å². The quantitative estimate of drug-likeness (QED) is 0.683. The highest BCUT2D eigenvalue weighted by Crippen LogP contribution is 2.63. The number of methoxy groups -OCH3 is 1. The highest BCUT2D eigenvalue weighted by atomic mass is 16.5. The third-order valence-corrected chi connectivity index (χ3v) is 6.70. The Bertz CT molecular complexity index is 608. The predicted octanol–water partition coefficient (Wildman–Crippen LogP) is 1.79. The van der Waals surface area contributed by atoms with E-state index in [1.54, 1.807) is 7.11 Å². The summed E-state index contributed by atoms with van der Waals surface area (Å²) in [7, 11) is 0.510. The zero-order chi connectivity index (χ0) is 18.4. The third kappa shape index (κ3) is 3.21. The average molecular weight is 347 g/mol. The normalized spacial score (nSPS) is 34.1. The molecule has 0 radical (unpaired) electrons. The monoisotopic (exact) mass is 347 g/mol. The maximum Gasteiger partial charge on any atom is 0.472 e. The van der Waals surface area contributed by atoms with Crippen LogP contribution in [0.25, 0.3) is 0 Å². The maximum atomic E-state index is 10.5. The number of rotatable bonds is 6. The molecule has 5 nitrogen and oxygen atoms in total. The van der Waals surface area contributed by atoms with E-state index in [-0.39, 0.29) is 11.3 Å². The van der Waals surface area contributed by atoms with Crippen molar-refractivity contribution in [3.8, 4) is 5.75 Å². The number of benzene rings is 1. The first kappa shape index (κ1) is 18.7. The van der Waals surface area contributed by atoms with Crippen molar-refractivity contribution in [1.82, 2.24) is 0 Å². The lowest BCUT2D eigenvalue weighted by Crippen LogP contribution is -2.69. The summed E-state index contributed by atoms with van der Waals surface area (Å²) in [6, 6.07) is 7.61. The first-order valence-corrected chi connectivity index (χ1v) is 9.11. The lowest BCUT2D eigenvalue weighted by Gasteiger charge is -2.66. The largest absolute Gasteiger partial charge is 0.497 e. The fourth-order valence-corrected chi connectivity index (χ4v) is 4.77. The number of nitrogens with two attached hydrogens (primary N) is 1.